The van der Waals surface area contributed by atoms with E-state index in [1.165, 1.54) is 10.9 Å². The number of nitrogens with zero attached hydrogens (tertiary/aromatic N) is 9. The minimum absolute atomic E-state index is 0.0552. The molecule has 3 N–H and O–H groups in total. The van der Waals surface area contributed by atoms with Gasteiger partial charge in [0.1, 0.15) is 0 Å². The molecule has 1 aliphatic heterocycles. The van der Waals surface area contributed by atoms with Crippen LogP contribution < -0.4 is 11.2 Å². The molecule has 13 heteroatoms. The number of amides is 1. The lowest BCUT2D eigenvalue weighted by Gasteiger charge is -2.32. The van der Waals surface area contributed by atoms with Crippen LogP contribution >= 0.6 is 0 Å². The van der Waals surface area contributed by atoms with Crippen LogP contribution in [0.2, 0.25) is 0 Å². The van der Waals surface area contributed by atoms with Crippen LogP contribution in [0, 0.1) is 0 Å². The van der Waals surface area contributed by atoms with Crippen LogP contribution in [0.1, 0.15) is 21.9 Å². The molecule has 0 aromatic carbocycles. The van der Waals surface area contributed by atoms with Gasteiger partial charge in [0.2, 0.25) is 11.6 Å². The van der Waals surface area contributed by atoms with E-state index in [1.807, 2.05) is 6.07 Å². The first kappa shape index (κ1) is 19.6. The number of carbonyl (C=O) groups is 1. The zero-order valence-corrected chi connectivity index (χ0v) is 16.3. The molecular formula is C17H21N11O2. The van der Waals surface area contributed by atoms with E-state index in [0.29, 0.717) is 17.9 Å². The van der Waals surface area contributed by atoms with Crippen molar-refractivity contribution in [3.8, 4) is 5.82 Å². The van der Waals surface area contributed by atoms with Crippen LogP contribution in [-0.2, 0) is 6.54 Å². The van der Waals surface area contributed by atoms with Crippen LogP contribution in [0.15, 0.2) is 34.1 Å². The van der Waals surface area contributed by atoms with Crippen LogP contribution in [0.25, 0.3) is 5.82 Å². The molecule has 3 aromatic heterocycles. The van der Waals surface area contributed by atoms with Crippen LogP contribution in [0.3, 0.4) is 0 Å². The van der Waals surface area contributed by atoms with E-state index in [1.54, 1.807) is 18.3 Å². The fourth-order valence-electron chi connectivity index (χ4n) is 3.01. The van der Waals surface area contributed by atoms with Gasteiger partial charge in [0.05, 0.1) is 17.6 Å². The number of nitrogens with two attached hydrogens (primary N) is 1. The molecule has 4 rings (SSSR count). The van der Waals surface area contributed by atoms with Crippen molar-refractivity contribution >= 4 is 17.9 Å². The minimum atomic E-state index is -0.507. The summed E-state index contributed by atoms with van der Waals surface area (Å²) < 4.78 is 6.05. The lowest BCUT2D eigenvalue weighted by Crippen LogP contribution is -2.44. The summed E-state index contributed by atoms with van der Waals surface area (Å²) >= 11 is 0. The zero-order valence-electron chi connectivity index (χ0n) is 16.3. The monoisotopic (exact) mass is 411 g/mol. The van der Waals surface area contributed by atoms with Gasteiger partial charge in [0.25, 0.3) is 5.91 Å². The summed E-state index contributed by atoms with van der Waals surface area (Å²) in [4.78, 5) is 21.3. The number of piperazine rings is 1. The topological polar surface area (TPSA) is 156 Å². The highest BCUT2D eigenvalue weighted by atomic mass is 16.6. The second-order valence-electron chi connectivity index (χ2n) is 6.80. The summed E-state index contributed by atoms with van der Waals surface area (Å²) in [5.74, 6) is -0.269. The number of nitrogen functional groups attached to an aromatic ring is 1. The number of nitrogens with one attached hydrogen (secondary N) is 1. The molecule has 0 spiro atoms. The number of hydrogen-bond acceptors (Lipinski definition) is 11. The molecule has 0 radical (unpaired) electrons. The summed E-state index contributed by atoms with van der Waals surface area (Å²) in [6.07, 6.45) is 3.08. The number of likely N-dealkylation sites (N-methyl/N-ethyl adjacent to an activating group) is 1. The summed E-state index contributed by atoms with van der Waals surface area (Å²) in [6, 6.07) is 5.39. The van der Waals surface area contributed by atoms with E-state index >= 15 is 0 Å². The molecule has 0 bridgehead atoms. The Hall–Kier alpha value is -3.71. The van der Waals surface area contributed by atoms with Crippen molar-refractivity contribution in [1.82, 2.24) is 45.5 Å². The molecule has 13 nitrogen and oxygen atoms in total. The maximum atomic E-state index is 12.7. The van der Waals surface area contributed by atoms with E-state index < -0.39 is 5.91 Å². The normalized spacial score (nSPS) is 15.6. The Kier molecular flexibility index (Phi) is 5.72. The lowest BCUT2D eigenvalue weighted by molar-refractivity contribution is 0.0946. The zero-order chi connectivity index (χ0) is 20.9. The van der Waals surface area contributed by atoms with Gasteiger partial charge in [-0.3, -0.25) is 14.7 Å². The molecule has 3 aromatic rings. The number of carbonyl (C=O) groups excluding carboxylic acids is 1. The minimum Gasteiger partial charge on any atom is -0.378 e. The summed E-state index contributed by atoms with van der Waals surface area (Å²) in [7, 11) is 2.07. The van der Waals surface area contributed by atoms with Gasteiger partial charge < -0.3 is 10.6 Å². The summed E-state index contributed by atoms with van der Waals surface area (Å²) in [5, 5.41) is 19.4. The Balaban J connectivity index is 1.57. The van der Waals surface area contributed by atoms with Crippen molar-refractivity contribution in [2.24, 2.45) is 5.10 Å². The molecule has 0 aliphatic carbocycles. The molecule has 1 fully saturated rings. The predicted molar refractivity (Wildman–Crippen MR) is 106 cm³/mol. The third-order valence-corrected chi connectivity index (χ3v) is 4.69. The molecule has 0 saturated carbocycles. The molecule has 4 heterocycles. The molecule has 156 valence electrons. The molecule has 1 aliphatic rings. The maximum absolute atomic E-state index is 12.7. The van der Waals surface area contributed by atoms with Gasteiger partial charge in [-0.2, -0.15) is 9.78 Å². The standard InChI is InChI=1S/C17H21N11O2/c1-26-6-8-27(9-7-26)11-13-14(21-25-28(13)16-15(18)23-30-24-16)17(29)22-20-10-12-4-2-3-5-19-12/h2-5,10H,6-9,11H2,1H3,(H2,18,23)(H,22,29)/b20-10-. The van der Waals surface area contributed by atoms with Crippen molar-refractivity contribution in [2.45, 2.75) is 6.54 Å². The smallest absolute Gasteiger partial charge is 0.293 e. The number of hydrogen-bond donors (Lipinski definition) is 2. The number of anilines is 1. The first-order chi connectivity index (χ1) is 14.6. The lowest BCUT2D eigenvalue weighted by atomic mass is 10.2. The second kappa shape index (κ2) is 8.75. The van der Waals surface area contributed by atoms with Gasteiger partial charge in [-0.05, 0) is 29.5 Å². The Morgan fingerprint density at radius 1 is 1.30 bits per heavy atom. The number of rotatable bonds is 6. The molecule has 0 unspecified atom stereocenters. The van der Waals surface area contributed by atoms with Crippen LogP contribution in [0.5, 0.6) is 0 Å². The van der Waals surface area contributed by atoms with Gasteiger partial charge in [-0.15, -0.1) is 5.10 Å². The number of aromatic nitrogens is 6. The van der Waals surface area contributed by atoms with E-state index in [0.717, 1.165) is 26.2 Å². The van der Waals surface area contributed by atoms with Crippen molar-refractivity contribution in [2.75, 3.05) is 39.0 Å². The fourth-order valence-corrected chi connectivity index (χ4v) is 3.01. The van der Waals surface area contributed by atoms with Gasteiger partial charge in [-0.1, -0.05) is 11.3 Å². The third-order valence-electron chi connectivity index (χ3n) is 4.69. The van der Waals surface area contributed by atoms with Crippen molar-refractivity contribution in [3.05, 3.63) is 41.5 Å². The summed E-state index contributed by atoms with van der Waals surface area (Å²) in [6.45, 7) is 3.95. The molecule has 0 atom stereocenters. The Bertz CT molecular complexity index is 1020. The molecule has 1 saturated heterocycles. The van der Waals surface area contributed by atoms with E-state index in [9.17, 15) is 4.79 Å². The van der Waals surface area contributed by atoms with Gasteiger partial charge in [0.15, 0.2) is 5.69 Å². The third kappa shape index (κ3) is 4.31. The number of pyridine rings is 1. The Labute approximate surface area is 171 Å². The second-order valence-corrected chi connectivity index (χ2v) is 6.80. The van der Waals surface area contributed by atoms with Gasteiger partial charge >= 0.3 is 0 Å². The maximum Gasteiger partial charge on any atom is 0.293 e. The number of hydrazone groups is 1. The van der Waals surface area contributed by atoms with Crippen molar-refractivity contribution in [3.63, 3.8) is 0 Å². The first-order valence-corrected chi connectivity index (χ1v) is 9.30. The summed E-state index contributed by atoms with van der Waals surface area (Å²) in [5.41, 5.74) is 9.53. The van der Waals surface area contributed by atoms with E-state index in [-0.39, 0.29) is 17.3 Å². The molecule has 1 amide bonds. The van der Waals surface area contributed by atoms with Crippen molar-refractivity contribution < 1.29 is 9.42 Å². The van der Waals surface area contributed by atoms with Gasteiger partial charge in [0, 0.05) is 38.9 Å². The van der Waals surface area contributed by atoms with Crippen LogP contribution in [-0.4, -0.2) is 85.4 Å². The van der Waals surface area contributed by atoms with E-state index in [4.69, 9.17) is 5.73 Å². The highest BCUT2D eigenvalue weighted by Gasteiger charge is 2.26. The Morgan fingerprint density at radius 3 is 2.83 bits per heavy atom. The average molecular weight is 411 g/mol. The van der Waals surface area contributed by atoms with Crippen LogP contribution in [0.4, 0.5) is 5.82 Å². The van der Waals surface area contributed by atoms with Gasteiger partial charge in [-0.25, -0.2) is 10.1 Å². The quantitative estimate of drug-likeness (QED) is 0.386. The Morgan fingerprint density at radius 2 is 2.13 bits per heavy atom. The first-order valence-electron chi connectivity index (χ1n) is 9.30. The molecular weight excluding hydrogens is 390 g/mol. The van der Waals surface area contributed by atoms with Crippen molar-refractivity contribution in [1.29, 1.82) is 0 Å². The predicted octanol–water partition coefficient (Wildman–Crippen LogP) is -0.861. The highest BCUT2D eigenvalue weighted by molar-refractivity contribution is 5.94. The largest absolute Gasteiger partial charge is 0.378 e. The highest BCUT2D eigenvalue weighted by Crippen LogP contribution is 2.18. The SMILES string of the molecule is CN1CCN(Cc2c(C(=O)N/N=C\c3ccccn3)nnn2-c2nonc2N)CC1. The molecule has 30 heavy (non-hydrogen) atoms. The van der Waals surface area contributed by atoms with E-state index in [2.05, 4.69) is 57.6 Å². The average Bonchev–Trinajstić information content (AvgIpc) is 3.36. The fraction of sp³-hybridized carbons (Fsp3) is 0.353.